The van der Waals surface area contributed by atoms with Crippen molar-refractivity contribution in [2.75, 3.05) is 18.0 Å². The number of rotatable bonds is 6. The Morgan fingerprint density at radius 1 is 1.31 bits per heavy atom. The van der Waals surface area contributed by atoms with Gasteiger partial charge in [-0.05, 0) is 55.9 Å². The monoisotopic (exact) mass is 428 g/mol. The number of aromatic nitrogens is 4. The fourth-order valence-corrected chi connectivity index (χ4v) is 4.65. The summed E-state index contributed by atoms with van der Waals surface area (Å²) in [7, 11) is 0. The summed E-state index contributed by atoms with van der Waals surface area (Å²) in [4.78, 5) is 20.8. The van der Waals surface area contributed by atoms with Gasteiger partial charge in [-0.25, -0.2) is 4.98 Å². The number of carbonyl (C=O) groups is 1. The van der Waals surface area contributed by atoms with Gasteiger partial charge in [-0.3, -0.25) is 14.5 Å². The van der Waals surface area contributed by atoms with Crippen molar-refractivity contribution >= 4 is 35.3 Å². The third kappa shape index (κ3) is 4.25. The molecule has 0 bridgehead atoms. The second-order valence-electron chi connectivity index (χ2n) is 7.13. The van der Waals surface area contributed by atoms with Gasteiger partial charge in [0.25, 0.3) is 0 Å². The number of H-pyrrole nitrogens is 1. The maximum Gasteiger partial charge on any atom is 0.243 e. The summed E-state index contributed by atoms with van der Waals surface area (Å²) in [5.41, 5.74) is 1.03. The number of thiophene rings is 1. The van der Waals surface area contributed by atoms with Crippen molar-refractivity contribution in [3.8, 4) is 10.7 Å². The van der Waals surface area contributed by atoms with Crippen LogP contribution in [0.2, 0.25) is 0 Å². The van der Waals surface area contributed by atoms with Crippen LogP contribution >= 0.6 is 23.6 Å². The maximum absolute atomic E-state index is 12.9. The van der Waals surface area contributed by atoms with Crippen molar-refractivity contribution in [3.63, 3.8) is 0 Å². The molecule has 1 saturated heterocycles. The van der Waals surface area contributed by atoms with Gasteiger partial charge < -0.3 is 10.2 Å². The van der Waals surface area contributed by atoms with E-state index in [-0.39, 0.29) is 5.91 Å². The van der Waals surface area contributed by atoms with Crippen molar-refractivity contribution in [3.05, 3.63) is 46.2 Å². The van der Waals surface area contributed by atoms with Crippen LogP contribution in [0.1, 0.15) is 37.8 Å². The average Bonchev–Trinajstić information content (AvgIpc) is 3.42. The summed E-state index contributed by atoms with van der Waals surface area (Å²) in [6.45, 7) is 4.31. The minimum Gasteiger partial charge on any atom is -0.356 e. The van der Waals surface area contributed by atoms with E-state index in [1.54, 1.807) is 15.9 Å². The Labute approximate surface area is 178 Å². The molecule has 29 heavy (non-hydrogen) atoms. The number of hydrogen-bond acceptors (Lipinski definition) is 6. The lowest BCUT2D eigenvalue weighted by Crippen LogP contribution is -2.34. The van der Waals surface area contributed by atoms with Gasteiger partial charge in [0.1, 0.15) is 11.9 Å². The summed E-state index contributed by atoms with van der Waals surface area (Å²) in [5.74, 6) is 1.55. The first kappa shape index (κ1) is 19.8. The van der Waals surface area contributed by atoms with Gasteiger partial charge >= 0.3 is 0 Å². The van der Waals surface area contributed by atoms with Crippen LogP contribution in [0.4, 0.5) is 5.82 Å². The summed E-state index contributed by atoms with van der Waals surface area (Å²) in [6, 6.07) is 7.39. The number of nitrogens with one attached hydrogen (secondary N) is 2. The van der Waals surface area contributed by atoms with Crippen LogP contribution in [0.25, 0.3) is 10.7 Å². The van der Waals surface area contributed by atoms with E-state index in [0.29, 0.717) is 17.1 Å². The van der Waals surface area contributed by atoms with Crippen LogP contribution in [0, 0.1) is 4.77 Å². The van der Waals surface area contributed by atoms with E-state index >= 15 is 0 Å². The van der Waals surface area contributed by atoms with E-state index in [2.05, 4.69) is 25.4 Å². The fourth-order valence-electron chi connectivity index (χ4n) is 3.65. The Hall–Kier alpha value is -2.52. The Bertz CT molecular complexity index is 1020. The van der Waals surface area contributed by atoms with E-state index in [1.807, 2.05) is 42.8 Å². The van der Waals surface area contributed by atoms with E-state index in [4.69, 9.17) is 12.2 Å². The molecule has 152 valence electrons. The molecule has 1 atom stereocenters. The molecule has 4 rings (SSSR count). The lowest BCUT2D eigenvalue weighted by atomic mass is 10.1. The van der Waals surface area contributed by atoms with Gasteiger partial charge in [0, 0.05) is 31.4 Å². The zero-order valence-corrected chi connectivity index (χ0v) is 17.9. The molecule has 0 aromatic carbocycles. The van der Waals surface area contributed by atoms with Crippen LogP contribution in [0.15, 0.2) is 35.8 Å². The standard InChI is InChI=1S/C20H24N6OS2/c1-14(26-18(23-24-20(26)28)16-8-6-12-29-16)19(27)22-13-15-7-5-9-21-17(15)25-10-3-2-4-11-25/h5-9,12,14H,2-4,10-11,13H2,1H3,(H,22,27)(H,24,28). The zero-order chi connectivity index (χ0) is 20.2. The molecule has 0 radical (unpaired) electrons. The number of pyridine rings is 1. The lowest BCUT2D eigenvalue weighted by molar-refractivity contribution is -0.124. The summed E-state index contributed by atoms with van der Waals surface area (Å²) >= 11 is 6.94. The van der Waals surface area contributed by atoms with Gasteiger partial charge in [-0.15, -0.1) is 11.3 Å². The second-order valence-corrected chi connectivity index (χ2v) is 8.46. The second kappa shape index (κ2) is 8.87. The third-order valence-corrected chi connectivity index (χ3v) is 6.34. The molecule has 1 amide bonds. The topological polar surface area (TPSA) is 78.8 Å². The van der Waals surface area contributed by atoms with Crippen LogP contribution < -0.4 is 10.2 Å². The van der Waals surface area contributed by atoms with Crippen molar-refractivity contribution < 1.29 is 4.79 Å². The lowest BCUT2D eigenvalue weighted by Gasteiger charge is -2.29. The molecule has 0 saturated carbocycles. The van der Waals surface area contributed by atoms with Gasteiger partial charge in [-0.2, -0.15) is 5.10 Å². The number of amides is 1. The molecule has 7 nitrogen and oxygen atoms in total. The fraction of sp³-hybridized carbons (Fsp3) is 0.400. The van der Waals surface area contributed by atoms with Gasteiger partial charge in [0.05, 0.1) is 4.88 Å². The molecule has 4 heterocycles. The highest BCUT2D eigenvalue weighted by atomic mass is 32.1. The molecule has 1 unspecified atom stereocenters. The van der Waals surface area contributed by atoms with Crippen molar-refractivity contribution in [2.24, 2.45) is 0 Å². The molecule has 1 fully saturated rings. The van der Waals surface area contributed by atoms with Crippen LogP contribution in [0.5, 0.6) is 0 Å². The summed E-state index contributed by atoms with van der Waals surface area (Å²) in [6.07, 6.45) is 5.45. The molecule has 0 aliphatic carbocycles. The Morgan fingerprint density at radius 3 is 2.90 bits per heavy atom. The molecule has 1 aliphatic rings. The predicted octanol–water partition coefficient (Wildman–Crippen LogP) is 3.93. The number of hydrogen-bond donors (Lipinski definition) is 2. The average molecular weight is 429 g/mol. The Kier molecular flexibility index (Phi) is 6.05. The molecule has 9 heteroatoms. The van der Waals surface area contributed by atoms with E-state index in [1.165, 1.54) is 19.3 Å². The number of aromatic amines is 1. The Balaban J connectivity index is 1.49. The molecular formula is C20H24N6OS2. The number of nitrogens with zero attached hydrogens (tertiary/aromatic N) is 4. The highest BCUT2D eigenvalue weighted by Crippen LogP contribution is 2.26. The maximum atomic E-state index is 12.9. The van der Waals surface area contributed by atoms with Gasteiger partial charge in [0.2, 0.25) is 5.91 Å². The highest BCUT2D eigenvalue weighted by Gasteiger charge is 2.22. The smallest absolute Gasteiger partial charge is 0.243 e. The van der Waals surface area contributed by atoms with Crippen molar-refractivity contribution in [2.45, 2.75) is 38.8 Å². The molecule has 2 N–H and O–H groups in total. The molecule has 3 aromatic heterocycles. The molecule has 0 spiro atoms. The Morgan fingerprint density at radius 2 is 2.14 bits per heavy atom. The van der Waals surface area contributed by atoms with Gasteiger partial charge in [0.15, 0.2) is 10.6 Å². The van der Waals surface area contributed by atoms with E-state index in [9.17, 15) is 4.79 Å². The number of piperidine rings is 1. The minimum absolute atomic E-state index is 0.103. The first-order chi connectivity index (χ1) is 14.1. The molecular weight excluding hydrogens is 404 g/mol. The zero-order valence-electron chi connectivity index (χ0n) is 16.3. The van der Waals surface area contributed by atoms with E-state index < -0.39 is 6.04 Å². The van der Waals surface area contributed by atoms with Crippen LogP contribution in [-0.4, -0.2) is 38.7 Å². The first-order valence-corrected chi connectivity index (χ1v) is 11.1. The SMILES string of the molecule is CC(C(=O)NCc1cccnc1N1CCCCC1)n1c(-c2cccs2)n[nH]c1=S. The summed E-state index contributed by atoms with van der Waals surface area (Å²) < 4.78 is 2.21. The summed E-state index contributed by atoms with van der Waals surface area (Å²) in [5, 5.41) is 12.2. The largest absolute Gasteiger partial charge is 0.356 e. The van der Waals surface area contributed by atoms with Crippen LogP contribution in [0.3, 0.4) is 0 Å². The molecule has 3 aromatic rings. The number of anilines is 1. The van der Waals surface area contributed by atoms with Crippen LogP contribution in [-0.2, 0) is 11.3 Å². The normalized spacial score (nSPS) is 15.3. The van der Waals surface area contributed by atoms with Gasteiger partial charge in [-0.1, -0.05) is 12.1 Å². The highest BCUT2D eigenvalue weighted by molar-refractivity contribution is 7.71. The van der Waals surface area contributed by atoms with Crippen molar-refractivity contribution in [1.29, 1.82) is 0 Å². The minimum atomic E-state index is -0.478. The third-order valence-electron chi connectivity index (χ3n) is 5.19. The quantitative estimate of drug-likeness (QED) is 0.582. The number of carbonyl (C=O) groups excluding carboxylic acids is 1. The molecule has 1 aliphatic heterocycles. The van der Waals surface area contributed by atoms with E-state index in [0.717, 1.165) is 29.3 Å². The van der Waals surface area contributed by atoms with Crippen molar-refractivity contribution in [1.82, 2.24) is 25.1 Å². The predicted molar refractivity (Wildman–Crippen MR) is 118 cm³/mol. The first-order valence-electron chi connectivity index (χ1n) is 9.82.